The Kier molecular flexibility index (Phi) is 7.21. The number of anilines is 2. The molecule has 0 radical (unpaired) electrons. The Bertz CT molecular complexity index is 1460. The Labute approximate surface area is 225 Å². The van der Waals surface area contributed by atoms with Crippen LogP contribution in [0.3, 0.4) is 0 Å². The van der Waals surface area contributed by atoms with Gasteiger partial charge < -0.3 is 14.5 Å². The molecule has 8 nitrogen and oxygen atoms in total. The highest BCUT2D eigenvalue weighted by Crippen LogP contribution is 2.34. The first-order valence-corrected chi connectivity index (χ1v) is 13.6. The molecule has 0 saturated carbocycles. The summed E-state index contributed by atoms with van der Waals surface area (Å²) in [7, 11) is 1.68. The number of nitrogens with zero attached hydrogens (tertiary/aromatic N) is 5. The molecule has 2 saturated heterocycles. The Balaban J connectivity index is 1.54. The van der Waals surface area contributed by atoms with Crippen molar-refractivity contribution in [2.24, 2.45) is 0 Å². The zero-order chi connectivity index (χ0) is 26.1. The van der Waals surface area contributed by atoms with Crippen molar-refractivity contribution in [3.63, 3.8) is 0 Å². The molecule has 1 amide bonds. The van der Waals surface area contributed by atoms with Crippen LogP contribution in [0.25, 0.3) is 11.7 Å². The van der Waals surface area contributed by atoms with Crippen molar-refractivity contribution in [2.75, 3.05) is 49.6 Å². The number of hydrogen-bond donors (Lipinski definition) is 0. The first-order chi connectivity index (χ1) is 17.9. The number of rotatable bonds is 6. The van der Waals surface area contributed by atoms with Crippen LogP contribution in [0.4, 0.5) is 11.5 Å². The number of thiocarbonyl (C=S) groups is 1. The lowest BCUT2D eigenvalue weighted by molar-refractivity contribution is -0.122. The summed E-state index contributed by atoms with van der Waals surface area (Å²) in [5.41, 5.74) is 2.79. The average Bonchev–Trinajstić information content (AvgIpc) is 3.18. The fourth-order valence-electron chi connectivity index (χ4n) is 4.77. The fraction of sp³-hybridized carbons (Fsp3) is 0.333. The molecular weight excluding hydrogens is 506 g/mol. The molecule has 3 aromatic rings. The molecule has 2 aromatic heterocycles. The number of fused-ring (bicyclic) bond motifs is 1. The molecule has 2 fully saturated rings. The van der Waals surface area contributed by atoms with Crippen LogP contribution in [0.15, 0.2) is 52.3 Å². The lowest BCUT2D eigenvalue weighted by Gasteiger charge is -2.37. The van der Waals surface area contributed by atoms with Gasteiger partial charge in [0.15, 0.2) is 0 Å². The summed E-state index contributed by atoms with van der Waals surface area (Å²) in [6.07, 6.45) is 4.21. The largest absolute Gasteiger partial charge is 0.495 e. The average molecular weight is 536 g/mol. The first kappa shape index (κ1) is 25.3. The lowest BCUT2D eigenvalue weighted by atomic mass is 10.2. The molecule has 4 heterocycles. The smallest absolute Gasteiger partial charge is 0.267 e. The highest BCUT2D eigenvalue weighted by Gasteiger charge is 2.32. The number of carbonyl (C=O) groups excluding carboxylic acids is 1. The summed E-state index contributed by atoms with van der Waals surface area (Å²) in [5, 5.41) is 0. The van der Waals surface area contributed by atoms with E-state index in [1.54, 1.807) is 28.7 Å². The Morgan fingerprint density at radius 1 is 1.08 bits per heavy atom. The molecule has 0 unspecified atom stereocenters. The number of benzene rings is 1. The number of thioether (sulfide) groups is 1. The third kappa shape index (κ3) is 4.71. The summed E-state index contributed by atoms with van der Waals surface area (Å²) >= 11 is 6.69. The normalized spacial score (nSPS) is 17.4. The first-order valence-electron chi connectivity index (χ1n) is 12.3. The number of para-hydroxylation sites is 2. The Hall–Kier alpha value is -3.37. The van der Waals surface area contributed by atoms with Gasteiger partial charge >= 0.3 is 0 Å². The van der Waals surface area contributed by atoms with E-state index in [0.717, 1.165) is 36.5 Å². The van der Waals surface area contributed by atoms with Crippen molar-refractivity contribution in [3.05, 3.63) is 69.0 Å². The monoisotopic (exact) mass is 535 g/mol. The van der Waals surface area contributed by atoms with E-state index in [1.807, 2.05) is 44.2 Å². The predicted octanol–water partition coefficient (Wildman–Crippen LogP) is 3.95. The summed E-state index contributed by atoms with van der Waals surface area (Å²) < 4.78 is 7.64. The maximum atomic E-state index is 13.8. The maximum absolute atomic E-state index is 13.8. The van der Waals surface area contributed by atoms with Gasteiger partial charge in [0.2, 0.25) is 0 Å². The molecular formula is C27H29N5O3S2. The number of hydrogen-bond acceptors (Lipinski definition) is 8. The van der Waals surface area contributed by atoms with Crippen molar-refractivity contribution in [2.45, 2.75) is 20.3 Å². The van der Waals surface area contributed by atoms with Gasteiger partial charge in [-0.15, -0.1) is 0 Å². The maximum Gasteiger partial charge on any atom is 0.267 e. The summed E-state index contributed by atoms with van der Waals surface area (Å²) in [4.78, 5) is 38.3. The van der Waals surface area contributed by atoms with Crippen LogP contribution >= 0.6 is 24.0 Å². The van der Waals surface area contributed by atoms with Gasteiger partial charge in [0.1, 0.15) is 21.5 Å². The van der Waals surface area contributed by atoms with E-state index < -0.39 is 0 Å². The number of pyridine rings is 1. The van der Waals surface area contributed by atoms with Crippen molar-refractivity contribution in [3.8, 4) is 5.75 Å². The highest BCUT2D eigenvalue weighted by atomic mass is 32.2. The molecule has 0 spiro atoms. The van der Waals surface area contributed by atoms with Crippen LogP contribution in [-0.2, 0) is 4.79 Å². The van der Waals surface area contributed by atoms with Crippen LogP contribution < -0.4 is 20.1 Å². The van der Waals surface area contributed by atoms with Crippen LogP contribution in [0, 0.1) is 6.92 Å². The van der Waals surface area contributed by atoms with Gasteiger partial charge in [0.25, 0.3) is 11.5 Å². The van der Waals surface area contributed by atoms with E-state index >= 15 is 0 Å². The Morgan fingerprint density at radius 3 is 2.54 bits per heavy atom. The molecule has 192 valence electrons. The van der Waals surface area contributed by atoms with Gasteiger partial charge in [-0.1, -0.05) is 49.1 Å². The summed E-state index contributed by atoms with van der Waals surface area (Å²) in [5.74, 6) is 1.28. The topological polar surface area (TPSA) is 70.4 Å². The third-order valence-corrected chi connectivity index (χ3v) is 8.04. The zero-order valence-corrected chi connectivity index (χ0v) is 22.8. The standard InChI is InChI=1S/C27H29N5O3S2/c1-4-11-32-26(34)22(37-27(32)36)17-19-24(28-23-18(2)8-7-12-31(23)25(19)33)30-15-13-29(14-16-30)20-9-5-6-10-21(20)35-3/h5-10,12,17H,4,11,13-16H2,1-3H3/b22-17-. The number of carbonyl (C=O) groups is 1. The number of aryl methyl sites for hydroxylation is 1. The summed E-state index contributed by atoms with van der Waals surface area (Å²) in [6, 6.07) is 11.8. The molecule has 0 atom stereocenters. The Morgan fingerprint density at radius 2 is 1.81 bits per heavy atom. The molecule has 2 aliphatic heterocycles. The number of aromatic nitrogens is 2. The van der Waals surface area contributed by atoms with E-state index in [2.05, 4.69) is 15.9 Å². The van der Waals surface area contributed by atoms with E-state index in [0.29, 0.717) is 45.9 Å². The minimum atomic E-state index is -0.198. The molecule has 5 rings (SSSR count). The van der Waals surface area contributed by atoms with Crippen LogP contribution in [0.1, 0.15) is 24.5 Å². The van der Waals surface area contributed by atoms with E-state index in [9.17, 15) is 9.59 Å². The van der Waals surface area contributed by atoms with Crippen molar-refractivity contribution in [1.82, 2.24) is 14.3 Å². The predicted molar refractivity (Wildman–Crippen MR) is 154 cm³/mol. The van der Waals surface area contributed by atoms with Crippen LogP contribution in [-0.4, -0.2) is 64.3 Å². The van der Waals surface area contributed by atoms with E-state index in [-0.39, 0.29) is 11.5 Å². The van der Waals surface area contributed by atoms with Crippen LogP contribution in [0.2, 0.25) is 0 Å². The molecule has 0 N–H and O–H groups in total. The minimum absolute atomic E-state index is 0.155. The van der Waals surface area contributed by atoms with Crippen molar-refractivity contribution in [1.29, 1.82) is 0 Å². The molecule has 10 heteroatoms. The number of amides is 1. The van der Waals surface area contributed by atoms with E-state index in [4.69, 9.17) is 21.9 Å². The zero-order valence-electron chi connectivity index (χ0n) is 21.1. The lowest BCUT2D eigenvalue weighted by Crippen LogP contribution is -2.47. The number of piperazine rings is 1. The molecule has 0 bridgehead atoms. The SMILES string of the molecule is CCCN1C(=O)/C(=C/c2c(N3CCN(c4ccccc4OC)CC3)nc3c(C)cccn3c2=O)SC1=S. The second-order valence-corrected chi connectivity index (χ2v) is 10.7. The fourth-order valence-corrected chi connectivity index (χ4v) is 6.06. The molecule has 37 heavy (non-hydrogen) atoms. The number of methoxy groups -OCH3 is 1. The van der Waals surface area contributed by atoms with Crippen LogP contribution in [0.5, 0.6) is 5.75 Å². The molecule has 0 aliphatic carbocycles. The van der Waals surface area contributed by atoms with Gasteiger partial charge in [-0.05, 0) is 43.2 Å². The van der Waals surface area contributed by atoms with E-state index in [1.165, 1.54) is 11.8 Å². The van der Waals surface area contributed by atoms with Gasteiger partial charge in [-0.3, -0.25) is 18.9 Å². The molecule has 1 aromatic carbocycles. The van der Waals surface area contributed by atoms with Gasteiger partial charge in [0, 0.05) is 38.9 Å². The second kappa shape index (κ2) is 10.5. The minimum Gasteiger partial charge on any atom is -0.495 e. The molecule has 2 aliphatic rings. The second-order valence-electron chi connectivity index (χ2n) is 9.02. The quantitative estimate of drug-likeness (QED) is 0.347. The van der Waals surface area contributed by atoms with Gasteiger partial charge in [-0.25, -0.2) is 4.98 Å². The summed E-state index contributed by atoms with van der Waals surface area (Å²) in [6.45, 7) is 7.34. The number of ether oxygens (including phenoxy) is 1. The van der Waals surface area contributed by atoms with Gasteiger partial charge in [0.05, 0.1) is 23.3 Å². The van der Waals surface area contributed by atoms with Crippen molar-refractivity contribution < 1.29 is 9.53 Å². The third-order valence-electron chi connectivity index (χ3n) is 6.67. The highest BCUT2D eigenvalue weighted by molar-refractivity contribution is 8.26. The van der Waals surface area contributed by atoms with Gasteiger partial charge in [-0.2, -0.15) is 0 Å². The van der Waals surface area contributed by atoms with Crippen molar-refractivity contribution >= 4 is 57.4 Å².